The molecule has 3 nitrogen and oxygen atoms in total. The van der Waals surface area contributed by atoms with Crippen molar-refractivity contribution in [1.29, 1.82) is 0 Å². The summed E-state index contributed by atoms with van der Waals surface area (Å²) in [6.45, 7) is 0.111. The van der Waals surface area contributed by atoms with Gasteiger partial charge in [-0.1, -0.05) is 15.9 Å². The first kappa shape index (κ1) is 15.4. The van der Waals surface area contributed by atoms with Gasteiger partial charge >= 0.3 is 0 Å². The summed E-state index contributed by atoms with van der Waals surface area (Å²) in [6.07, 6.45) is 0.368. The molecule has 110 valence electrons. The summed E-state index contributed by atoms with van der Waals surface area (Å²) in [5.74, 6) is -1.72. The number of carbonyl (C=O) groups excluding carboxylic acids is 1. The quantitative estimate of drug-likeness (QED) is 0.579. The molecule has 0 atom stereocenters. The van der Waals surface area contributed by atoms with Crippen LogP contribution in [0.2, 0.25) is 0 Å². The van der Waals surface area contributed by atoms with Gasteiger partial charge in [0, 0.05) is 10.0 Å². The van der Waals surface area contributed by atoms with Gasteiger partial charge in [0.25, 0.3) is 0 Å². The number of ether oxygens (including phenoxy) is 2. The lowest BCUT2D eigenvalue weighted by Gasteiger charge is -2.10. The van der Waals surface area contributed by atoms with Gasteiger partial charge in [-0.15, -0.1) is 0 Å². The normalized spacial score (nSPS) is 10.2. The lowest BCUT2D eigenvalue weighted by Crippen LogP contribution is -2.11. The number of halogens is 3. The van der Waals surface area contributed by atoms with Crippen LogP contribution in [0.25, 0.3) is 0 Å². The zero-order chi connectivity index (χ0) is 15.2. The molecule has 6 heteroatoms. The molecule has 0 aromatic heterocycles. The topological polar surface area (TPSA) is 35.5 Å². The zero-order valence-electron chi connectivity index (χ0n) is 10.8. The molecule has 0 radical (unpaired) electrons. The third-order valence-corrected chi connectivity index (χ3v) is 3.10. The lowest BCUT2D eigenvalue weighted by atomic mass is 10.2. The Morgan fingerprint density at radius 2 is 1.57 bits per heavy atom. The Labute approximate surface area is 128 Å². The van der Waals surface area contributed by atoms with Gasteiger partial charge in [-0.2, -0.15) is 0 Å². The molecular weight excluding hydrogens is 346 g/mol. The molecule has 0 unspecified atom stereocenters. The molecule has 0 fully saturated rings. The predicted molar refractivity (Wildman–Crippen MR) is 76.9 cm³/mol. The molecule has 0 N–H and O–H groups in total. The smallest absolute Gasteiger partial charge is 0.190 e. The van der Waals surface area contributed by atoms with Crippen molar-refractivity contribution in [3.63, 3.8) is 0 Å². The molecule has 0 saturated carbocycles. The van der Waals surface area contributed by atoms with E-state index >= 15 is 0 Å². The largest absolute Gasteiger partial charge is 0.490 e. The SMILES string of the molecule is O=Cc1cc(F)c(OCCOc2ccc(Br)cc2)c(F)c1. The minimum Gasteiger partial charge on any atom is -0.490 e. The van der Waals surface area contributed by atoms with Crippen molar-refractivity contribution in [2.75, 3.05) is 13.2 Å². The van der Waals surface area contributed by atoms with Gasteiger partial charge in [0.05, 0.1) is 0 Å². The molecule has 0 aliphatic heterocycles. The van der Waals surface area contributed by atoms with E-state index in [-0.39, 0.29) is 18.8 Å². The highest BCUT2D eigenvalue weighted by Gasteiger charge is 2.12. The molecule has 2 aromatic carbocycles. The highest BCUT2D eigenvalue weighted by atomic mass is 79.9. The molecule has 0 heterocycles. The van der Waals surface area contributed by atoms with Crippen molar-refractivity contribution in [3.8, 4) is 11.5 Å². The van der Waals surface area contributed by atoms with Crippen LogP contribution >= 0.6 is 15.9 Å². The summed E-state index contributed by atoms with van der Waals surface area (Å²) in [5, 5.41) is 0. The summed E-state index contributed by atoms with van der Waals surface area (Å²) in [4.78, 5) is 10.5. The minimum atomic E-state index is -0.916. The molecule has 2 aromatic rings. The van der Waals surface area contributed by atoms with E-state index in [1.165, 1.54) is 0 Å². The fraction of sp³-hybridized carbons (Fsp3) is 0.133. The highest BCUT2D eigenvalue weighted by molar-refractivity contribution is 9.10. The average molecular weight is 357 g/mol. The Hall–Kier alpha value is -1.95. The number of benzene rings is 2. The van der Waals surface area contributed by atoms with Crippen LogP contribution in [0.4, 0.5) is 8.78 Å². The zero-order valence-corrected chi connectivity index (χ0v) is 12.4. The molecule has 0 bridgehead atoms. The van der Waals surface area contributed by atoms with Crippen molar-refractivity contribution < 1.29 is 23.0 Å². The Bertz CT molecular complexity index is 606. The summed E-state index contributed by atoms with van der Waals surface area (Å²) < 4.78 is 38.3. The fourth-order valence-corrected chi connectivity index (χ4v) is 1.88. The second-order valence-corrected chi connectivity index (χ2v) is 5.00. The van der Waals surface area contributed by atoms with Crippen molar-refractivity contribution in [2.45, 2.75) is 0 Å². The first-order valence-corrected chi connectivity index (χ1v) is 6.85. The van der Waals surface area contributed by atoms with E-state index in [2.05, 4.69) is 15.9 Å². The van der Waals surface area contributed by atoms with Crippen LogP contribution in [0.15, 0.2) is 40.9 Å². The van der Waals surface area contributed by atoms with Gasteiger partial charge in [0.15, 0.2) is 17.4 Å². The van der Waals surface area contributed by atoms with E-state index in [1.807, 2.05) is 12.1 Å². The van der Waals surface area contributed by atoms with Gasteiger partial charge in [0.1, 0.15) is 25.2 Å². The average Bonchev–Trinajstić information content (AvgIpc) is 2.47. The Kier molecular flexibility index (Phi) is 5.27. The van der Waals surface area contributed by atoms with Crippen LogP contribution < -0.4 is 9.47 Å². The Balaban J connectivity index is 1.89. The molecule has 0 amide bonds. The monoisotopic (exact) mass is 356 g/mol. The van der Waals surface area contributed by atoms with E-state index in [9.17, 15) is 13.6 Å². The summed E-state index contributed by atoms with van der Waals surface area (Å²) in [6, 6.07) is 8.97. The predicted octanol–water partition coefficient (Wildman–Crippen LogP) is 4.00. The molecule has 0 spiro atoms. The second-order valence-electron chi connectivity index (χ2n) is 4.08. The molecule has 2 rings (SSSR count). The number of hydrogen-bond donors (Lipinski definition) is 0. The van der Waals surface area contributed by atoms with Crippen LogP contribution in [0, 0.1) is 11.6 Å². The number of rotatable bonds is 6. The van der Waals surface area contributed by atoms with Crippen molar-refractivity contribution in [2.24, 2.45) is 0 Å². The molecule has 21 heavy (non-hydrogen) atoms. The maximum absolute atomic E-state index is 13.5. The van der Waals surface area contributed by atoms with Gasteiger partial charge in [-0.3, -0.25) is 4.79 Å². The van der Waals surface area contributed by atoms with Crippen LogP contribution in [-0.4, -0.2) is 19.5 Å². The van der Waals surface area contributed by atoms with Gasteiger partial charge in [-0.05, 0) is 36.4 Å². The maximum Gasteiger partial charge on any atom is 0.190 e. The first-order chi connectivity index (χ1) is 10.1. The van der Waals surface area contributed by atoms with E-state index in [4.69, 9.17) is 9.47 Å². The number of hydrogen-bond acceptors (Lipinski definition) is 3. The lowest BCUT2D eigenvalue weighted by molar-refractivity contribution is 0.112. The number of aldehydes is 1. The molecule has 0 aliphatic carbocycles. The third-order valence-electron chi connectivity index (χ3n) is 2.57. The van der Waals surface area contributed by atoms with Crippen LogP contribution in [0.3, 0.4) is 0 Å². The van der Waals surface area contributed by atoms with Crippen molar-refractivity contribution in [1.82, 2.24) is 0 Å². The first-order valence-electron chi connectivity index (χ1n) is 6.05. The number of carbonyl (C=O) groups is 1. The van der Waals surface area contributed by atoms with Crippen LogP contribution in [0.5, 0.6) is 11.5 Å². The Morgan fingerprint density at radius 1 is 1.00 bits per heavy atom. The van der Waals surface area contributed by atoms with E-state index in [0.717, 1.165) is 16.6 Å². The van der Waals surface area contributed by atoms with E-state index in [1.54, 1.807) is 12.1 Å². The molecule has 0 saturated heterocycles. The van der Waals surface area contributed by atoms with Crippen LogP contribution in [-0.2, 0) is 0 Å². The van der Waals surface area contributed by atoms with Gasteiger partial charge in [0.2, 0.25) is 0 Å². The van der Waals surface area contributed by atoms with E-state index < -0.39 is 17.4 Å². The summed E-state index contributed by atoms with van der Waals surface area (Å²) in [5.41, 5.74) is -0.0801. The molecule has 0 aliphatic rings. The second kappa shape index (κ2) is 7.17. The third kappa shape index (κ3) is 4.26. The minimum absolute atomic E-state index is 0.0235. The van der Waals surface area contributed by atoms with Gasteiger partial charge < -0.3 is 9.47 Å². The summed E-state index contributed by atoms with van der Waals surface area (Å²) in [7, 11) is 0. The van der Waals surface area contributed by atoms with Crippen molar-refractivity contribution in [3.05, 3.63) is 58.1 Å². The van der Waals surface area contributed by atoms with Crippen LogP contribution in [0.1, 0.15) is 10.4 Å². The molecular formula is C15H11BrF2O3. The standard InChI is InChI=1S/C15H11BrF2O3/c16-11-1-3-12(4-2-11)20-5-6-21-15-13(17)7-10(9-19)8-14(15)18/h1-4,7-9H,5-6H2. The van der Waals surface area contributed by atoms with Crippen molar-refractivity contribution >= 4 is 22.2 Å². The maximum atomic E-state index is 13.5. The highest BCUT2D eigenvalue weighted by Crippen LogP contribution is 2.23. The summed E-state index contributed by atoms with van der Waals surface area (Å²) >= 11 is 3.30. The Morgan fingerprint density at radius 3 is 2.14 bits per heavy atom. The van der Waals surface area contributed by atoms with Gasteiger partial charge in [-0.25, -0.2) is 8.78 Å². The fourth-order valence-electron chi connectivity index (χ4n) is 1.62. The van der Waals surface area contributed by atoms with E-state index in [0.29, 0.717) is 12.0 Å².